The van der Waals surface area contributed by atoms with Gasteiger partial charge in [-0.15, -0.1) is 11.3 Å². The Kier molecular flexibility index (Phi) is 5.31. The monoisotopic (exact) mass is 362 g/mol. The number of nitrogens with zero attached hydrogens (tertiary/aromatic N) is 2. The van der Waals surface area contributed by atoms with Gasteiger partial charge in [-0.3, -0.25) is 0 Å². The van der Waals surface area contributed by atoms with Crippen LogP contribution in [0.3, 0.4) is 0 Å². The van der Waals surface area contributed by atoms with Crippen LogP contribution in [0.5, 0.6) is 0 Å². The molecule has 24 heavy (non-hydrogen) atoms. The van der Waals surface area contributed by atoms with Gasteiger partial charge in [0.05, 0.1) is 16.6 Å². The minimum absolute atomic E-state index is 0.0575. The molecule has 1 saturated heterocycles. The van der Waals surface area contributed by atoms with Crippen LogP contribution < -0.4 is 0 Å². The van der Waals surface area contributed by atoms with Crippen LogP contribution in [0.4, 0.5) is 0 Å². The Hall–Kier alpha value is -1.72. The van der Waals surface area contributed by atoms with Crippen molar-refractivity contribution in [1.29, 1.82) is 5.26 Å². The van der Waals surface area contributed by atoms with Crippen LogP contribution in [0.1, 0.15) is 23.3 Å². The molecule has 126 valence electrons. The fourth-order valence-corrected chi connectivity index (χ4v) is 5.16. The van der Waals surface area contributed by atoms with Crippen molar-refractivity contribution in [1.82, 2.24) is 4.31 Å². The van der Waals surface area contributed by atoms with Gasteiger partial charge in [0.2, 0.25) is 10.0 Å². The summed E-state index contributed by atoms with van der Waals surface area (Å²) in [5.41, 5.74) is 0.168. The van der Waals surface area contributed by atoms with Gasteiger partial charge in [0.25, 0.3) is 0 Å². The molecule has 0 N–H and O–H groups in total. The molecular weight excluding hydrogens is 344 g/mol. The first-order chi connectivity index (χ1) is 11.6. The topological polar surface area (TPSA) is 70.4 Å². The van der Waals surface area contributed by atoms with E-state index in [4.69, 9.17) is 4.74 Å². The number of rotatable bonds is 6. The van der Waals surface area contributed by atoms with Crippen molar-refractivity contribution in [3.63, 3.8) is 0 Å². The number of hydrogen-bond donors (Lipinski definition) is 0. The number of benzene rings is 1. The van der Waals surface area contributed by atoms with Gasteiger partial charge in [0.1, 0.15) is 6.07 Å². The Morgan fingerprint density at radius 1 is 1.29 bits per heavy atom. The quantitative estimate of drug-likeness (QED) is 0.792. The zero-order chi connectivity index (χ0) is 17.0. The average Bonchev–Trinajstić information content (AvgIpc) is 3.28. The van der Waals surface area contributed by atoms with E-state index >= 15 is 0 Å². The Morgan fingerprint density at radius 2 is 2.12 bits per heavy atom. The van der Waals surface area contributed by atoms with Gasteiger partial charge in [0, 0.05) is 24.6 Å². The van der Waals surface area contributed by atoms with E-state index in [2.05, 4.69) is 0 Å². The van der Waals surface area contributed by atoms with Crippen molar-refractivity contribution in [3.05, 3.63) is 52.2 Å². The van der Waals surface area contributed by atoms with Crippen molar-refractivity contribution in [2.75, 3.05) is 13.2 Å². The third-order valence-electron chi connectivity index (χ3n) is 3.97. The number of sulfonamides is 1. The highest BCUT2D eigenvalue weighted by Gasteiger charge is 2.31. The molecule has 1 fully saturated rings. The fourth-order valence-electron chi connectivity index (χ4n) is 2.76. The zero-order valence-corrected chi connectivity index (χ0v) is 14.7. The summed E-state index contributed by atoms with van der Waals surface area (Å²) < 4.78 is 33.4. The summed E-state index contributed by atoms with van der Waals surface area (Å²) in [7, 11) is -3.77. The van der Waals surface area contributed by atoms with Gasteiger partial charge in [-0.1, -0.05) is 18.2 Å². The summed E-state index contributed by atoms with van der Waals surface area (Å²) in [6.07, 6.45) is 1.72. The number of nitriles is 1. The van der Waals surface area contributed by atoms with Crippen LogP contribution in [0, 0.1) is 11.3 Å². The largest absolute Gasteiger partial charge is 0.377 e. The number of thiophene rings is 1. The molecule has 2 aromatic rings. The van der Waals surface area contributed by atoms with Crippen LogP contribution >= 0.6 is 11.3 Å². The van der Waals surface area contributed by atoms with E-state index in [1.807, 2.05) is 23.6 Å². The first-order valence-electron chi connectivity index (χ1n) is 7.74. The maximum atomic E-state index is 13.1. The number of hydrogen-bond acceptors (Lipinski definition) is 5. The van der Waals surface area contributed by atoms with Gasteiger partial charge in [-0.05, 0) is 36.4 Å². The lowest BCUT2D eigenvalue weighted by molar-refractivity contribution is 0.0927. The first-order valence-corrected chi connectivity index (χ1v) is 10.1. The van der Waals surface area contributed by atoms with E-state index in [-0.39, 0.29) is 16.6 Å². The highest BCUT2D eigenvalue weighted by molar-refractivity contribution is 7.89. The molecule has 0 radical (unpaired) electrons. The average molecular weight is 362 g/mol. The van der Waals surface area contributed by atoms with Crippen LogP contribution in [0.15, 0.2) is 46.7 Å². The molecule has 0 amide bonds. The Morgan fingerprint density at radius 3 is 2.79 bits per heavy atom. The van der Waals surface area contributed by atoms with Gasteiger partial charge in [0.15, 0.2) is 0 Å². The van der Waals surface area contributed by atoms with E-state index < -0.39 is 10.0 Å². The lowest BCUT2D eigenvalue weighted by atomic mass is 10.2. The summed E-state index contributed by atoms with van der Waals surface area (Å²) in [6, 6.07) is 12.1. The van der Waals surface area contributed by atoms with E-state index in [0.717, 1.165) is 17.7 Å². The Labute approximate surface area is 146 Å². The standard InChI is InChI=1S/C17H18N2O3S2/c18-11-14-5-1-2-8-17(14)24(20,21)19(12-15-6-3-9-22-15)13-16-7-4-10-23-16/h1-2,4-5,7-8,10,15H,3,6,9,12-13H2/t15-/m1/s1. The van der Waals surface area contributed by atoms with E-state index in [1.54, 1.807) is 12.1 Å². The van der Waals surface area contributed by atoms with Gasteiger partial charge >= 0.3 is 0 Å². The summed E-state index contributed by atoms with van der Waals surface area (Å²) in [5, 5.41) is 11.2. The molecular formula is C17H18N2O3S2. The van der Waals surface area contributed by atoms with Crippen molar-refractivity contribution >= 4 is 21.4 Å². The van der Waals surface area contributed by atoms with E-state index in [0.29, 0.717) is 19.7 Å². The molecule has 7 heteroatoms. The minimum atomic E-state index is -3.77. The maximum Gasteiger partial charge on any atom is 0.244 e. The predicted molar refractivity (Wildman–Crippen MR) is 92.0 cm³/mol. The molecule has 0 bridgehead atoms. The summed E-state index contributed by atoms with van der Waals surface area (Å²) in [5.74, 6) is 0. The first kappa shape index (κ1) is 17.1. The van der Waals surface area contributed by atoms with Crippen molar-refractivity contribution < 1.29 is 13.2 Å². The normalized spacial score (nSPS) is 17.9. The third kappa shape index (κ3) is 3.68. The maximum absolute atomic E-state index is 13.1. The molecule has 2 heterocycles. The molecule has 0 aliphatic carbocycles. The lowest BCUT2D eigenvalue weighted by Crippen LogP contribution is -2.37. The van der Waals surface area contributed by atoms with Crippen molar-refractivity contribution in [2.24, 2.45) is 0 Å². The second kappa shape index (κ2) is 7.45. The van der Waals surface area contributed by atoms with E-state index in [1.165, 1.54) is 27.8 Å². The molecule has 5 nitrogen and oxygen atoms in total. The molecule has 0 unspecified atom stereocenters. The molecule has 1 atom stereocenters. The summed E-state index contributed by atoms with van der Waals surface area (Å²) in [6.45, 7) is 1.27. The molecule has 3 rings (SSSR count). The predicted octanol–water partition coefficient (Wildman–Crippen LogP) is 2.99. The smallest absolute Gasteiger partial charge is 0.244 e. The molecule has 0 spiro atoms. The molecule has 0 saturated carbocycles. The van der Waals surface area contributed by atoms with Gasteiger partial charge in [-0.25, -0.2) is 8.42 Å². The van der Waals surface area contributed by atoms with Crippen LogP contribution in [-0.4, -0.2) is 32.0 Å². The molecule has 1 aromatic carbocycles. The molecule has 1 aromatic heterocycles. The third-order valence-corrected chi connectivity index (χ3v) is 6.70. The Bertz CT molecular complexity index is 820. The fraction of sp³-hybridized carbons (Fsp3) is 0.353. The molecule has 1 aliphatic rings. The minimum Gasteiger partial charge on any atom is -0.377 e. The van der Waals surface area contributed by atoms with Crippen molar-refractivity contribution in [3.8, 4) is 6.07 Å². The second-order valence-corrected chi connectivity index (χ2v) is 8.56. The summed E-state index contributed by atoms with van der Waals surface area (Å²) >= 11 is 1.52. The highest BCUT2D eigenvalue weighted by atomic mass is 32.2. The highest BCUT2D eigenvalue weighted by Crippen LogP contribution is 2.25. The lowest BCUT2D eigenvalue weighted by Gasteiger charge is -2.24. The van der Waals surface area contributed by atoms with Crippen molar-refractivity contribution in [2.45, 2.75) is 30.4 Å². The zero-order valence-electron chi connectivity index (χ0n) is 13.1. The molecule has 1 aliphatic heterocycles. The van der Waals surface area contributed by atoms with Gasteiger partial charge in [-0.2, -0.15) is 9.57 Å². The van der Waals surface area contributed by atoms with Crippen LogP contribution in [-0.2, 0) is 21.3 Å². The second-order valence-electron chi connectivity index (χ2n) is 5.62. The van der Waals surface area contributed by atoms with Crippen LogP contribution in [0.2, 0.25) is 0 Å². The van der Waals surface area contributed by atoms with E-state index in [9.17, 15) is 13.7 Å². The number of ether oxygens (including phenoxy) is 1. The van der Waals surface area contributed by atoms with Crippen LogP contribution in [0.25, 0.3) is 0 Å². The summed E-state index contributed by atoms with van der Waals surface area (Å²) in [4.78, 5) is 1.02. The Balaban J connectivity index is 1.94. The van der Waals surface area contributed by atoms with Gasteiger partial charge < -0.3 is 4.74 Å². The SMILES string of the molecule is N#Cc1ccccc1S(=O)(=O)N(Cc1cccs1)C[C@H]1CCCO1.